The van der Waals surface area contributed by atoms with E-state index in [0.717, 1.165) is 12.1 Å². The van der Waals surface area contributed by atoms with Gasteiger partial charge in [0, 0.05) is 28.5 Å². The van der Waals surface area contributed by atoms with Crippen LogP contribution >= 0.6 is 0 Å². The topological polar surface area (TPSA) is 78.1 Å². The maximum atomic E-state index is 10.1. The Labute approximate surface area is 137 Å². The van der Waals surface area contributed by atoms with Gasteiger partial charge in [0.25, 0.3) is 0 Å². The summed E-state index contributed by atoms with van der Waals surface area (Å²) in [7, 11) is 0. The van der Waals surface area contributed by atoms with Crippen LogP contribution in [0.3, 0.4) is 0 Å². The first kappa shape index (κ1) is 16.1. The van der Waals surface area contributed by atoms with Gasteiger partial charge in [0.15, 0.2) is 0 Å². The Morgan fingerprint density at radius 2 is 2.13 bits per heavy atom. The number of aromatic nitrogens is 1. The van der Waals surface area contributed by atoms with Crippen molar-refractivity contribution in [3.8, 4) is 5.75 Å². The molecule has 0 aromatic carbocycles. The van der Waals surface area contributed by atoms with Crippen LogP contribution in [0.1, 0.15) is 56.9 Å². The van der Waals surface area contributed by atoms with E-state index in [2.05, 4.69) is 36.0 Å². The number of aliphatic hydroxyl groups is 1. The molecular formula is C18H25N3O2. The van der Waals surface area contributed by atoms with Gasteiger partial charge in [-0.2, -0.15) is 10.2 Å². The molecule has 0 saturated heterocycles. The van der Waals surface area contributed by atoms with Crippen LogP contribution in [0.2, 0.25) is 0 Å². The zero-order valence-corrected chi connectivity index (χ0v) is 14.3. The molecule has 0 aliphatic heterocycles. The fourth-order valence-corrected chi connectivity index (χ4v) is 4.16. The predicted octanol–water partition coefficient (Wildman–Crippen LogP) is 3.21. The molecule has 23 heavy (non-hydrogen) atoms. The number of rotatable bonds is 3. The third kappa shape index (κ3) is 2.29. The Balaban J connectivity index is 1.90. The van der Waals surface area contributed by atoms with Gasteiger partial charge in [0.2, 0.25) is 0 Å². The fraction of sp³-hybridized carbons (Fsp3) is 0.611. The minimum Gasteiger partial charge on any atom is -0.505 e. The fourth-order valence-electron chi connectivity index (χ4n) is 4.16. The number of aryl methyl sites for hydroxylation is 1. The van der Waals surface area contributed by atoms with Gasteiger partial charge < -0.3 is 10.2 Å². The summed E-state index contributed by atoms with van der Waals surface area (Å²) in [5, 5.41) is 28.2. The maximum absolute atomic E-state index is 10.1. The van der Waals surface area contributed by atoms with Crippen LogP contribution in [-0.4, -0.2) is 27.1 Å². The molecular weight excluding hydrogens is 290 g/mol. The molecule has 0 spiro atoms. The summed E-state index contributed by atoms with van der Waals surface area (Å²) in [6.07, 6.45) is 6.54. The lowest BCUT2D eigenvalue weighted by atomic mass is 9.70. The van der Waals surface area contributed by atoms with Crippen LogP contribution in [0.5, 0.6) is 5.75 Å². The number of hydrogen-bond donors (Lipinski definition) is 2. The molecule has 124 valence electrons. The summed E-state index contributed by atoms with van der Waals surface area (Å²) < 4.78 is 0. The van der Waals surface area contributed by atoms with Gasteiger partial charge in [-0.1, -0.05) is 20.8 Å². The molecule has 5 nitrogen and oxygen atoms in total. The second-order valence-electron chi connectivity index (χ2n) is 7.57. The molecule has 2 fully saturated rings. The average molecular weight is 315 g/mol. The van der Waals surface area contributed by atoms with Crippen molar-refractivity contribution in [2.45, 2.75) is 53.6 Å². The van der Waals surface area contributed by atoms with Crippen LogP contribution in [-0.2, 0) is 6.61 Å². The minimum absolute atomic E-state index is 0.0555. The van der Waals surface area contributed by atoms with Crippen molar-refractivity contribution in [3.05, 3.63) is 23.0 Å². The van der Waals surface area contributed by atoms with Crippen LogP contribution in [0, 0.1) is 23.7 Å². The number of nitrogens with zero attached hydrogens (tertiary/aromatic N) is 3. The molecule has 5 heteroatoms. The molecule has 2 saturated carbocycles. The minimum atomic E-state index is -0.189. The van der Waals surface area contributed by atoms with Gasteiger partial charge in [-0.15, -0.1) is 0 Å². The summed E-state index contributed by atoms with van der Waals surface area (Å²) in [5.41, 5.74) is 3.11. The highest BCUT2D eigenvalue weighted by Crippen LogP contribution is 2.63. The van der Waals surface area contributed by atoms with Crippen LogP contribution in [0.4, 0.5) is 0 Å². The highest BCUT2D eigenvalue weighted by Gasteiger charge is 2.59. The molecule has 2 aliphatic rings. The maximum Gasteiger partial charge on any atom is 0.145 e. The van der Waals surface area contributed by atoms with E-state index in [0.29, 0.717) is 22.7 Å². The van der Waals surface area contributed by atoms with E-state index in [9.17, 15) is 10.2 Å². The first-order valence-electron chi connectivity index (χ1n) is 8.20. The second kappa shape index (κ2) is 5.41. The molecule has 2 N–H and O–H groups in total. The molecule has 0 amide bonds. The molecule has 2 unspecified atom stereocenters. The van der Waals surface area contributed by atoms with Gasteiger partial charge in [-0.3, -0.25) is 4.98 Å². The Kier molecular flexibility index (Phi) is 3.79. The molecule has 2 aliphatic carbocycles. The lowest BCUT2D eigenvalue weighted by Gasteiger charge is -2.34. The second-order valence-corrected chi connectivity index (χ2v) is 7.57. The number of aromatic hydroxyl groups is 1. The quantitative estimate of drug-likeness (QED) is 0.664. The Morgan fingerprint density at radius 3 is 2.70 bits per heavy atom. The zero-order valence-electron chi connectivity index (χ0n) is 14.3. The van der Waals surface area contributed by atoms with Crippen molar-refractivity contribution in [2.75, 3.05) is 0 Å². The van der Waals surface area contributed by atoms with Crippen molar-refractivity contribution in [1.29, 1.82) is 0 Å². The SMILES string of the molecule is Cc1ncc(CO)c(C=NN=C2CC3CCC2(C)C3(C)C)c1O. The Morgan fingerprint density at radius 1 is 1.39 bits per heavy atom. The third-order valence-corrected chi connectivity index (χ3v) is 6.41. The van der Waals surface area contributed by atoms with Crippen molar-refractivity contribution in [1.82, 2.24) is 4.98 Å². The lowest BCUT2D eigenvalue weighted by Crippen LogP contribution is -2.32. The number of aliphatic hydroxyl groups excluding tert-OH is 1. The van der Waals surface area contributed by atoms with E-state index in [-0.39, 0.29) is 23.2 Å². The Hall–Kier alpha value is -1.75. The van der Waals surface area contributed by atoms with Gasteiger partial charge in [0.1, 0.15) is 5.75 Å². The lowest BCUT2D eigenvalue weighted by molar-refractivity contribution is 0.194. The first-order chi connectivity index (χ1) is 10.8. The monoisotopic (exact) mass is 315 g/mol. The number of hydrogen-bond acceptors (Lipinski definition) is 5. The molecule has 2 bridgehead atoms. The summed E-state index contributed by atoms with van der Waals surface area (Å²) in [6, 6.07) is 0. The summed E-state index contributed by atoms with van der Waals surface area (Å²) >= 11 is 0. The summed E-state index contributed by atoms with van der Waals surface area (Å²) in [4.78, 5) is 4.05. The first-order valence-corrected chi connectivity index (χ1v) is 8.20. The van der Waals surface area contributed by atoms with Gasteiger partial charge in [-0.05, 0) is 37.5 Å². The molecule has 0 radical (unpaired) electrons. The molecule has 1 aromatic heterocycles. The predicted molar refractivity (Wildman–Crippen MR) is 90.8 cm³/mol. The number of pyridine rings is 1. The van der Waals surface area contributed by atoms with Gasteiger partial charge in [0.05, 0.1) is 18.5 Å². The van der Waals surface area contributed by atoms with E-state index in [1.54, 1.807) is 13.1 Å². The van der Waals surface area contributed by atoms with Crippen LogP contribution in [0.15, 0.2) is 16.4 Å². The normalized spacial score (nSPS) is 30.7. The van der Waals surface area contributed by atoms with Crippen molar-refractivity contribution in [2.24, 2.45) is 27.0 Å². The van der Waals surface area contributed by atoms with Gasteiger partial charge in [-0.25, -0.2) is 0 Å². The van der Waals surface area contributed by atoms with Crippen molar-refractivity contribution >= 4 is 11.9 Å². The molecule has 2 atom stereocenters. The van der Waals surface area contributed by atoms with Crippen LogP contribution < -0.4 is 0 Å². The third-order valence-electron chi connectivity index (χ3n) is 6.41. The standard InChI is InChI=1S/C18H25N3O2/c1-11-16(23)14(12(10-22)8-19-11)9-20-21-15-7-13-5-6-18(15,4)17(13,2)3/h8-9,13,22-23H,5-7,10H2,1-4H3. The molecule has 1 aromatic rings. The van der Waals surface area contributed by atoms with E-state index in [1.807, 2.05) is 0 Å². The van der Waals surface area contributed by atoms with Crippen molar-refractivity contribution < 1.29 is 10.2 Å². The van der Waals surface area contributed by atoms with E-state index in [4.69, 9.17) is 0 Å². The highest BCUT2D eigenvalue weighted by atomic mass is 16.3. The largest absolute Gasteiger partial charge is 0.505 e. The van der Waals surface area contributed by atoms with Gasteiger partial charge >= 0.3 is 0 Å². The number of fused-ring (bicyclic) bond motifs is 2. The van der Waals surface area contributed by atoms with E-state index >= 15 is 0 Å². The van der Waals surface area contributed by atoms with E-state index < -0.39 is 0 Å². The smallest absolute Gasteiger partial charge is 0.145 e. The Bertz CT molecular complexity index is 694. The summed E-state index contributed by atoms with van der Waals surface area (Å²) in [6.45, 7) is 8.49. The summed E-state index contributed by atoms with van der Waals surface area (Å²) in [5.74, 6) is 0.742. The molecule has 1 heterocycles. The molecule has 3 rings (SSSR count). The van der Waals surface area contributed by atoms with Crippen LogP contribution in [0.25, 0.3) is 0 Å². The average Bonchev–Trinajstić information content (AvgIpc) is 2.85. The van der Waals surface area contributed by atoms with E-state index in [1.165, 1.54) is 19.1 Å². The van der Waals surface area contributed by atoms with Crippen molar-refractivity contribution in [3.63, 3.8) is 0 Å². The zero-order chi connectivity index (χ0) is 16.8. The highest BCUT2D eigenvalue weighted by molar-refractivity contribution is 5.95.